The molecule has 0 atom stereocenters. The van der Waals surface area contributed by atoms with Crippen molar-refractivity contribution in [2.24, 2.45) is 7.05 Å². The third kappa shape index (κ3) is 2.34. The highest BCUT2D eigenvalue weighted by Gasteiger charge is 2.11. The number of rotatable bonds is 2. The number of aryl methyl sites for hydroxylation is 2. The fourth-order valence-corrected chi connectivity index (χ4v) is 3.15. The Labute approximate surface area is 127 Å². The molecule has 3 rings (SSSR count). The van der Waals surface area contributed by atoms with Gasteiger partial charge in [0.1, 0.15) is 0 Å². The van der Waals surface area contributed by atoms with E-state index in [0.717, 1.165) is 20.5 Å². The van der Waals surface area contributed by atoms with Crippen LogP contribution in [0.15, 0.2) is 27.5 Å². The number of pyridine rings is 1. The number of anilines is 1. The molecular weight excluding hydrogens is 340 g/mol. The summed E-state index contributed by atoms with van der Waals surface area (Å²) in [5.41, 5.74) is 2.99. The molecule has 1 N–H and O–H groups in total. The molecule has 0 aliphatic carbocycles. The molecule has 1 amide bonds. The van der Waals surface area contributed by atoms with Crippen molar-refractivity contribution in [2.45, 2.75) is 6.92 Å². The first-order chi connectivity index (χ1) is 9.54. The summed E-state index contributed by atoms with van der Waals surface area (Å²) in [4.78, 5) is 16.4. The predicted octanol–water partition coefficient (Wildman–Crippen LogP) is 3.35. The van der Waals surface area contributed by atoms with E-state index < -0.39 is 0 Å². The van der Waals surface area contributed by atoms with E-state index in [1.807, 2.05) is 20.0 Å². The minimum Gasteiger partial charge on any atom is -0.321 e. The molecule has 0 saturated heterocycles. The second-order valence-corrected chi connectivity index (χ2v) is 6.69. The summed E-state index contributed by atoms with van der Waals surface area (Å²) in [6.07, 6.45) is 1.64. The first-order valence-corrected chi connectivity index (χ1v) is 7.56. The van der Waals surface area contributed by atoms with Crippen LogP contribution in [-0.2, 0) is 7.05 Å². The zero-order chi connectivity index (χ0) is 14.3. The predicted molar refractivity (Wildman–Crippen MR) is 83.2 cm³/mol. The van der Waals surface area contributed by atoms with Crippen molar-refractivity contribution in [3.8, 4) is 0 Å². The highest BCUT2D eigenvalue weighted by Crippen LogP contribution is 2.23. The molecule has 7 heteroatoms. The number of thiophene rings is 1. The Hall–Kier alpha value is -1.73. The van der Waals surface area contributed by atoms with Crippen LogP contribution in [0.1, 0.15) is 16.1 Å². The van der Waals surface area contributed by atoms with E-state index in [1.54, 1.807) is 22.3 Å². The summed E-state index contributed by atoms with van der Waals surface area (Å²) >= 11 is 4.82. The molecule has 0 fully saturated rings. The first kappa shape index (κ1) is 13.3. The zero-order valence-electron chi connectivity index (χ0n) is 10.8. The van der Waals surface area contributed by atoms with Gasteiger partial charge in [0.05, 0.1) is 26.9 Å². The summed E-state index contributed by atoms with van der Waals surface area (Å²) in [5.74, 6) is -0.144. The highest BCUT2D eigenvalue weighted by atomic mass is 79.9. The van der Waals surface area contributed by atoms with Gasteiger partial charge in [-0.2, -0.15) is 5.10 Å². The van der Waals surface area contributed by atoms with Crippen molar-refractivity contribution in [3.63, 3.8) is 0 Å². The average Bonchev–Trinajstić information content (AvgIpc) is 2.95. The van der Waals surface area contributed by atoms with E-state index in [1.165, 1.54) is 11.3 Å². The highest BCUT2D eigenvalue weighted by molar-refractivity contribution is 9.11. The normalized spacial score (nSPS) is 10.9. The maximum absolute atomic E-state index is 12.1. The van der Waals surface area contributed by atoms with E-state index in [2.05, 4.69) is 31.3 Å². The Bertz CT molecular complexity index is 808. The Morgan fingerprint density at radius 2 is 2.25 bits per heavy atom. The molecular formula is C13H11BrN4OS. The van der Waals surface area contributed by atoms with Gasteiger partial charge in [-0.25, -0.2) is 4.98 Å². The minimum atomic E-state index is -0.144. The summed E-state index contributed by atoms with van der Waals surface area (Å²) in [6, 6.07) is 3.69. The lowest BCUT2D eigenvalue weighted by molar-refractivity contribution is 0.102. The van der Waals surface area contributed by atoms with Crippen LogP contribution >= 0.6 is 27.3 Å². The molecule has 102 valence electrons. The van der Waals surface area contributed by atoms with Crippen molar-refractivity contribution >= 4 is 49.9 Å². The van der Waals surface area contributed by atoms with Gasteiger partial charge >= 0.3 is 0 Å². The van der Waals surface area contributed by atoms with Gasteiger partial charge in [0.15, 0.2) is 5.65 Å². The van der Waals surface area contributed by atoms with Crippen molar-refractivity contribution in [1.82, 2.24) is 14.8 Å². The topological polar surface area (TPSA) is 59.8 Å². The third-order valence-corrected chi connectivity index (χ3v) is 4.45. The zero-order valence-corrected chi connectivity index (χ0v) is 13.2. The van der Waals surface area contributed by atoms with Crippen molar-refractivity contribution < 1.29 is 4.79 Å². The molecule has 20 heavy (non-hydrogen) atoms. The number of nitrogens with zero attached hydrogens (tertiary/aromatic N) is 3. The van der Waals surface area contributed by atoms with Gasteiger partial charge in [0, 0.05) is 17.8 Å². The number of carbonyl (C=O) groups excluding carboxylic acids is 1. The molecule has 3 aromatic rings. The van der Waals surface area contributed by atoms with Gasteiger partial charge in [-0.15, -0.1) is 11.3 Å². The molecule has 0 saturated carbocycles. The first-order valence-electron chi connectivity index (χ1n) is 5.89. The van der Waals surface area contributed by atoms with E-state index >= 15 is 0 Å². The van der Waals surface area contributed by atoms with E-state index in [9.17, 15) is 4.79 Å². The lowest BCUT2D eigenvalue weighted by Gasteiger charge is -2.03. The smallest absolute Gasteiger partial charge is 0.256 e. The molecule has 3 heterocycles. The Morgan fingerprint density at radius 1 is 1.45 bits per heavy atom. The molecule has 0 spiro atoms. The van der Waals surface area contributed by atoms with Gasteiger partial charge < -0.3 is 5.32 Å². The average molecular weight is 351 g/mol. The van der Waals surface area contributed by atoms with Gasteiger partial charge in [-0.05, 0) is 35.0 Å². The van der Waals surface area contributed by atoms with Gasteiger partial charge in [-0.3, -0.25) is 9.48 Å². The third-order valence-electron chi connectivity index (χ3n) is 2.95. The number of fused-ring (bicyclic) bond motifs is 1. The van der Waals surface area contributed by atoms with Gasteiger partial charge in [0.25, 0.3) is 5.91 Å². The molecule has 5 nitrogen and oxygen atoms in total. The number of halogens is 1. The monoisotopic (exact) mass is 350 g/mol. The number of hydrogen-bond donors (Lipinski definition) is 1. The number of nitrogens with one attached hydrogen (secondary N) is 1. The Balaban J connectivity index is 1.91. The second kappa shape index (κ2) is 4.99. The lowest BCUT2D eigenvalue weighted by atomic mass is 10.2. The van der Waals surface area contributed by atoms with Crippen LogP contribution < -0.4 is 5.32 Å². The number of carbonyl (C=O) groups is 1. The van der Waals surface area contributed by atoms with E-state index in [4.69, 9.17) is 0 Å². The standard InChI is InChI=1S/C13H11BrN4OS/c1-7-10-4-9(5-15-12(10)18(2)17-7)16-13(19)8-3-11(14)20-6-8/h3-6H,1-2H3,(H,16,19). The van der Waals surface area contributed by atoms with Crippen LogP contribution in [0.3, 0.4) is 0 Å². The number of amides is 1. The van der Waals surface area contributed by atoms with Crippen molar-refractivity contribution in [3.05, 3.63) is 38.8 Å². The number of aromatic nitrogens is 3. The fourth-order valence-electron chi connectivity index (χ4n) is 2.01. The molecule has 0 unspecified atom stereocenters. The quantitative estimate of drug-likeness (QED) is 0.770. The molecule has 0 aromatic carbocycles. The molecule has 0 aliphatic rings. The SMILES string of the molecule is Cc1nn(C)c2ncc(NC(=O)c3csc(Br)c3)cc12. The van der Waals surface area contributed by atoms with E-state index in [-0.39, 0.29) is 5.91 Å². The molecule has 0 bridgehead atoms. The lowest BCUT2D eigenvalue weighted by Crippen LogP contribution is -2.11. The molecule has 0 radical (unpaired) electrons. The Kier molecular flexibility index (Phi) is 3.31. The van der Waals surface area contributed by atoms with Gasteiger partial charge in [-0.1, -0.05) is 0 Å². The number of hydrogen-bond acceptors (Lipinski definition) is 4. The summed E-state index contributed by atoms with van der Waals surface area (Å²) in [6.45, 7) is 1.92. The second-order valence-electron chi connectivity index (χ2n) is 4.40. The van der Waals surface area contributed by atoms with Crippen LogP contribution in [0.25, 0.3) is 11.0 Å². The summed E-state index contributed by atoms with van der Waals surface area (Å²) < 4.78 is 2.66. The van der Waals surface area contributed by atoms with Crippen LogP contribution in [0, 0.1) is 6.92 Å². The van der Waals surface area contributed by atoms with Crippen molar-refractivity contribution in [2.75, 3.05) is 5.32 Å². The Morgan fingerprint density at radius 3 is 2.95 bits per heavy atom. The van der Waals surface area contributed by atoms with Crippen LogP contribution in [0.5, 0.6) is 0 Å². The maximum atomic E-state index is 12.1. The van der Waals surface area contributed by atoms with Crippen molar-refractivity contribution in [1.29, 1.82) is 0 Å². The van der Waals surface area contributed by atoms with Crippen LogP contribution in [-0.4, -0.2) is 20.7 Å². The van der Waals surface area contributed by atoms with Gasteiger partial charge in [0.2, 0.25) is 0 Å². The summed E-state index contributed by atoms with van der Waals surface area (Å²) in [5, 5.41) is 9.90. The largest absolute Gasteiger partial charge is 0.321 e. The summed E-state index contributed by atoms with van der Waals surface area (Å²) in [7, 11) is 1.85. The molecule has 3 aromatic heterocycles. The fraction of sp³-hybridized carbons (Fsp3) is 0.154. The maximum Gasteiger partial charge on any atom is 0.256 e. The minimum absolute atomic E-state index is 0.144. The molecule has 0 aliphatic heterocycles. The van der Waals surface area contributed by atoms with Crippen LogP contribution in [0.2, 0.25) is 0 Å². The van der Waals surface area contributed by atoms with Crippen LogP contribution in [0.4, 0.5) is 5.69 Å². The van der Waals surface area contributed by atoms with E-state index in [0.29, 0.717) is 11.3 Å².